The molecule has 4 rings (SSSR count). The summed E-state index contributed by atoms with van der Waals surface area (Å²) in [5.74, 6) is 0.655. The van der Waals surface area contributed by atoms with Crippen LogP contribution in [0.2, 0.25) is 0 Å². The number of aromatic hydroxyl groups is 2. The summed E-state index contributed by atoms with van der Waals surface area (Å²) in [6, 6.07) is 16.0. The van der Waals surface area contributed by atoms with E-state index in [-0.39, 0.29) is 28.1 Å². The maximum Gasteiger partial charge on any atom is -1.00 e. The number of para-hydroxylation sites is 2. The van der Waals surface area contributed by atoms with Gasteiger partial charge < -0.3 is 12.4 Å². The molecule has 1 heterocycles. The van der Waals surface area contributed by atoms with Gasteiger partial charge in [-0.25, -0.2) is 0 Å². The number of halogens is 1. The molecule has 4 nitrogen and oxygen atoms in total. The van der Waals surface area contributed by atoms with Crippen molar-refractivity contribution < 1.29 is 45.4 Å². The zero-order valence-corrected chi connectivity index (χ0v) is 16.4. The van der Waals surface area contributed by atoms with Gasteiger partial charge >= 0.3 is 154 Å². The summed E-state index contributed by atoms with van der Waals surface area (Å²) in [5.41, 5.74) is 1.75. The molecule has 0 bridgehead atoms. The first kappa shape index (κ1) is 19.0. The van der Waals surface area contributed by atoms with Crippen LogP contribution in [0.1, 0.15) is 36.8 Å². The molecule has 1 aliphatic heterocycles. The van der Waals surface area contributed by atoms with E-state index < -0.39 is 0 Å². The van der Waals surface area contributed by atoms with E-state index in [0.29, 0.717) is 23.6 Å². The zero-order valence-electron chi connectivity index (χ0n) is 14.3. The van der Waals surface area contributed by atoms with Gasteiger partial charge in [-0.1, -0.05) is 0 Å². The van der Waals surface area contributed by atoms with Crippen LogP contribution in [0.15, 0.2) is 48.5 Å². The van der Waals surface area contributed by atoms with E-state index in [1.165, 1.54) is 25.7 Å². The Labute approximate surface area is 166 Å². The fourth-order valence-electron chi connectivity index (χ4n) is 3.62. The van der Waals surface area contributed by atoms with Crippen LogP contribution in [-0.4, -0.2) is 41.8 Å². The number of hydrogen-bond acceptors (Lipinski definition) is 2. The van der Waals surface area contributed by atoms with E-state index in [4.69, 9.17) is 0 Å². The molecule has 136 valence electrons. The molecule has 6 heteroatoms. The van der Waals surface area contributed by atoms with Crippen molar-refractivity contribution in [2.75, 3.05) is 0 Å². The summed E-state index contributed by atoms with van der Waals surface area (Å²) < 4.78 is 4.81. The minimum atomic E-state index is 0. The van der Waals surface area contributed by atoms with Gasteiger partial charge in [-0.2, -0.15) is 0 Å². The predicted octanol–water partition coefficient (Wildman–Crippen LogP) is -0.0979. The van der Waals surface area contributed by atoms with E-state index in [1.54, 1.807) is 12.1 Å². The average Bonchev–Trinajstić information content (AvgIpc) is 2.97. The van der Waals surface area contributed by atoms with Crippen LogP contribution in [0.5, 0.6) is 11.5 Å². The smallest absolute Gasteiger partial charge is 1.00 e. The first-order valence-corrected chi connectivity index (χ1v) is 9.87. The van der Waals surface area contributed by atoms with E-state index in [9.17, 15) is 10.2 Å². The predicted molar refractivity (Wildman–Crippen MR) is 93.1 cm³/mol. The monoisotopic (exact) mass is 409 g/mol. The Morgan fingerprint density at radius 3 is 1.62 bits per heavy atom. The van der Waals surface area contributed by atoms with Crippen LogP contribution >= 0.6 is 0 Å². The Morgan fingerprint density at radius 2 is 1.19 bits per heavy atom. The van der Waals surface area contributed by atoms with E-state index in [2.05, 4.69) is 19.5 Å². The van der Waals surface area contributed by atoms with Crippen molar-refractivity contribution >= 4 is 12.4 Å². The summed E-state index contributed by atoms with van der Waals surface area (Å²) in [7, 11) is 0. The zero-order chi connectivity index (χ0) is 17.2. The van der Waals surface area contributed by atoms with Crippen molar-refractivity contribution in [2.45, 2.75) is 37.8 Å². The Balaban J connectivity index is 0.00000196. The summed E-state index contributed by atoms with van der Waals surface area (Å²) in [6.07, 6.45) is 9.09. The molecule has 0 spiro atoms. The normalized spacial score (nSPS) is 25.1. The third-order valence-electron chi connectivity index (χ3n) is 4.94. The number of phenolic OH excluding ortho intramolecular Hbond substituents is 2. The number of benzene rings is 2. The molecule has 2 N–H and O–H groups in total. The van der Waals surface area contributed by atoms with Crippen LogP contribution in [-0.2, 0) is 15.7 Å². The third kappa shape index (κ3) is 3.81. The third-order valence-corrected chi connectivity index (χ3v) is 6.71. The van der Waals surface area contributed by atoms with E-state index >= 15 is 0 Å². The molecule has 0 unspecified atom stereocenters. The van der Waals surface area contributed by atoms with E-state index in [1.807, 2.05) is 36.4 Å². The average molecular weight is 410 g/mol. The fraction of sp³-hybridized carbons (Fsp3) is 0.300. The van der Waals surface area contributed by atoms with Gasteiger partial charge in [-0.15, -0.1) is 0 Å². The molecular weight excluding hydrogens is 388 g/mol. The molecular formula is C20H22ClCrN2O2+. The van der Waals surface area contributed by atoms with Gasteiger partial charge in [-0.3, -0.25) is 0 Å². The largest absolute Gasteiger partial charge is 1.00 e. The number of phenols is 2. The first-order valence-electron chi connectivity index (χ1n) is 8.73. The topological polar surface area (TPSA) is 46.5 Å². The molecule has 2 aromatic carbocycles. The van der Waals surface area contributed by atoms with Crippen molar-refractivity contribution in [3.8, 4) is 11.5 Å². The maximum absolute atomic E-state index is 10.1. The van der Waals surface area contributed by atoms with E-state index in [0.717, 1.165) is 11.1 Å². The number of nitrogens with zero attached hydrogens (tertiary/aromatic N) is 2. The Bertz CT molecular complexity index is 784. The van der Waals surface area contributed by atoms with Crippen LogP contribution in [0.4, 0.5) is 0 Å². The van der Waals surface area contributed by atoms with Crippen LogP contribution in [0.25, 0.3) is 0 Å². The van der Waals surface area contributed by atoms with Crippen LogP contribution < -0.4 is 12.4 Å². The molecule has 2 aliphatic rings. The second-order valence-electron chi connectivity index (χ2n) is 6.60. The van der Waals surface area contributed by atoms with Gasteiger partial charge in [0.25, 0.3) is 0 Å². The molecule has 1 saturated carbocycles. The molecule has 0 amide bonds. The maximum atomic E-state index is 10.1. The van der Waals surface area contributed by atoms with Crippen LogP contribution in [0.3, 0.4) is 0 Å². The summed E-state index contributed by atoms with van der Waals surface area (Å²) in [6.45, 7) is 0. The summed E-state index contributed by atoms with van der Waals surface area (Å²) in [5, 5.41) is 20.2. The Hall–Kier alpha value is -1.80. The number of fused-ring (bicyclic) bond motifs is 1. The quantitative estimate of drug-likeness (QED) is 0.728. The van der Waals surface area contributed by atoms with Crippen molar-refractivity contribution in [3.63, 3.8) is 0 Å². The van der Waals surface area contributed by atoms with Crippen LogP contribution in [0, 0.1) is 0 Å². The number of hydrogen-bond donors (Lipinski definition) is 2. The molecule has 0 radical (unpaired) electrons. The van der Waals surface area contributed by atoms with Gasteiger partial charge in [0.05, 0.1) is 0 Å². The fourth-order valence-corrected chi connectivity index (χ4v) is 5.61. The molecule has 26 heavy (non-hydrogen) atoms. The summed E-state index contributed by atoms with van der Waals surface area (Å²) in [4.78, 5) is 0. The molecule has 1 saturated heterocycles. The second-order valence-corrected chi connectivity index (χ2v) is 8.17. The standard InChI is InChI=1S/C20H22N2O2.ClH.Cr/c23-19-11-5-1-7-15(19)13-21-17-9-3-4-10-18(17)22-14-16-8-2-6-12-20(16)24;;/h1-2,5-8,11-14,17-18,23-24H,3-4,9-10H2;1H;/q;;+2/p-1/t17-,18-;;/m1../s1. The molecule has 0 aromatic heterocycles. The SMILES string of the molecule is Oc1ccccc1C=[N+]1[Cr][N+](=Cc2ccccc2O)[C@@H]2CCCC[C@H]21.[Cl-]. The molecule has 2 atom stereocenters. The van der Waals surface area contributed by atoms with Gasteiger partial charge in [0, 0.05) is 0 Å². The number of rotatable bonds is 2. The Kier molecular flexibility index (Phi) is 6.03. The van der Waals surface area contributed by atoms with Gasteiger partial charge in [-0.05, 0) is 0 Å². The van der Waals surface area contributed by atoms with Gasteiger partial charge in [0.1, 0.15) is 0 Å². The van der Waals surface area contributed by atoms with Crippen molar-refractivity contribution in [3.05, 3.63) is 59.7 Å². The van der Waals surface area contributed by atoms with Gasteiger partial charge in [0.2, 0.25) is 0 Å². The minimum Gasteiger partial charge on any atom is -1.00 e. The Morgan fingerprint density at radius 1 is 0.769 bits per heavy atom. The van der Waals surface area contributed by atoms with Crippen molar-refractivity contribution in [2.24, 2.45) is 0 Å². The molecule has 1 aliphatic carbocycles. The van der Waals surface area contributed by atoms with Crippen molar-refractivity contribution in [1.82, 2.24) is 0 Å². The summed E-state index contributed by atoms with van der Waals surface area (Å²) >= 11 is 0.115. The minimum absolute atomic E-state index is 0. The molecule has 2 fully saturated rings. The first-order chi connectivity index (χ1) is 12.2. The van der Waals surface area contributed by atoms with Crippen molar-refractivity contribution in [1.29, 1.82) is 0 Å². The second kappa shape index (κ2) is 8.26. The van der Waals surface area contributed by atoms with Gasteiger partial charge in [0.15, 0.2) is 0 Å². The molecule has 2 aromatic rings.